The molecule has 0 aromatic heterocycles. The molecule has 0 bridgehead atoms. The molecule has 4 nitrogen and oxygen atoms in total. The van der Waals surface area contributed by atoms with Gasteiger partial charge in [0.25, 0.3) is 5.91 Å². The molecule has 0 fully saturated rings. The minimum atomic E-state index is -0.816. The van der Waals surface area contributed by atoms with E-state index in [4.69, 9.17) is 9.47 Å². The summed E-state index contributed by atoms with van der Waals surface area (Å²) in [5.74, 6) is 1.11. The molecule has 1 atom stereocenters. The second-order valence-electron chi connectivity index (χ2n) is 6.86. The molecule has 0 heterocycles. The molecule has 0 aliphatic heterocycles. The Morgan fingerprint density at radius 1 is 1.26 bits per heavy atom. The van der Waals surface area contributed by atoms with Crippen LogP contribution in [0.5, 0.6) is 5.75 Å². The fraction of sp³-hybridized carbons (Fsp3) is 0.632. The van der Waals surface area contributed by atoms with E-state index in [0.717, 1.165) is 17.0 Å². The third-order valence-electron chi connectivity index (χ3n) is 3.54. The minimum absolute atomic E-state index is 0.107. The van der Waals surface area contributed by atoms with Gasteiger partial charge in [-0.25, -0.2) is 0 Å². The van der Waals surface area contributed by atoms with Crippen LogP contribution < -0.4 is 10.1 Å². The van der Waals surface area contributed by atoms with Crippen LogP contribution in [-0.2, 0) is 9.53 Å². The summed E-state index contributed by atoms with van der Waals surface area (Å²) in [6.07, 6.45) is 0.807. The van der Waals surface area contributed by atoms with Gasteiger partial charge in [0.05, 0.1) is 6.10 Å². The number of hydrogen-bond acceptors (Lipinski definition) is 3. The maximum absolute atomic E-state index is 12.7. The maximum atomic E-state index is 12.7. The monoisotopic (exact) mass is 321 g/mol. The van der Waals surface area contributed by atoms with Crippen molar-refractivity contribution in [3.05, 3.63) is 23.8 Å². The second kappa shape index (κ2) is 8.34. The quantitative estimate of drug-likeness (QED) is 0.763. The Balaban J connectivity index is 2.88. The molecule has 1 aromatic carbocycles. The van der Waals surface area contributed by atoms with Gasteiger partial charge in [-0.15, -0.1) is 0 Å². The van der Waals surface area contributed by atoms with Gasteiger partial charge in [-0.1, -0.05) is 13.8 Å². The Morgan fingerprint density at radius 2 is 1.91 bits per heavy atom. The summed E-state index contributed by atoms with van der Waals surface area (Å²) < 4.78 is 11.5. The largest absolute Gasteiger partial charge is 0.491 e. The van der Waals surface area contributed by atoms with Crippen LogP contribution in [-0.4, -0.2) is 24.2 Å². The molecule has 1 amide bonds. The van der Waals surface area contributed by atoms with Gasteiger partial charge >= 0.3 is 0 Å². The lowest BCUT2D eigenvalue weighted by Gasteiger charge is -2.30. The lowest BCUT2D eigenvalue weighted by atomic mass is 9.93. The van der Waals surface area contributed by atoms with E-state index in [2.05, 4.69) is 19.2 Å². The Labute approximate surface area is 140 Å². The van der Waals surface area contributed by atoms with E-state index in [1.165, 1.54) is 0 Å². The van der Waals surface area contributed by atoms with E-state index in [-0.39, 0.29) is 12.0 Å². The molecular formula is C19H31NO3. The molecular weight excluding hydrogens is 290 g/mol. The van der Waals surface area contributed by atoms with E-state index >= 15 is 0 Å². The summed E-state index contributed by atoms with van der Waals surface area (Å²) >= 11 is 0. The third-order valence-corrected chi connectivity index (χ3v) is 3.54. The first-order valence-corrected chi connectivity index (χ1v) is 8.40. The van der Waals surface area contributed by atoms with Crippen LogP contribution >= 0.6 is 0 Å². The average Bonchev–Trinajstić information content (AvgIpc) is 2.40. The molecule has 1 rings (SSSR count). The van der Waals surface area contributed by atoms with Crippen molar-refractivity contribution < 1.29 is 14.3 Å². The Bertz CT molecular complexity index is 525. The van der Waals surface area contributed by atoms with Crippen molar-refractivity contribution in [1.82, 2.24) is 0 Å². The molecule has 0 aliphatic rings. The van der Waals surface area contributed by atoms with E-state index in [9.17, 15) is 4.79 Å². The number of hydrogen-bond donors (Lipinski definition) is 1. The minimum Gasteiger partial charge on any atom is -0.491 e. The van der Waals surface area contributed by atoms with Gasteiger partial charge in [0.1, 0.15) is 11.4 Å². The summed E-state index contributed by atoms with van der Waals surface area (Å²) in [6.45, 7) is 14.4. The van der Waals surface area contributed by atoms with Crippen molar-refractivity contribution in [3.8, 4) is 5.75 Å². The zero-order valence-corrected chi connectivity index (χ0v) is 15.5. The average molecular weight is 321 g/mol. The third kappa shape index (κ3) is 5.87. The summed E-state index contributed by atoms with van der Waals surface area (Å²) in [5, 5.41) is 2.97. The first-order chi connectivity index (χ1) is 10.7. The standard InChI is InChI=1S/C19H31NO3/c1-8-22-19(7,12-13(2)3)18(21)20-16-9-10-17(15(6)11-16)23-14(4)5/h9-11,13-14H,8,12H2,1-7H3,(H,20,21)/t19-/m1/s1. The van der Waals surface area contributed by atoms with Crippen LogP contribution in [0.15, 0.2) is 18.2 Å². The van der Waals surface area contributed by atoms with Crippen LogP contribution in [0.3, 0.4) is 0 Å². The fourth-order valence-corrected chi connectivity index (χ4v) is 2.69. The SMILES string of the molecule is CCO[C@](C)(CC(C)C)C(=O)Nc1ccc(OC(C)C)c(C)c1. The molecule has 1 aromatic rings. The summed E-state index contributed by atoms with van der Waals surface area (Å²) in [7, 11) is 0. The number of carbonyl (C=O) groups is 1. The van der Waals surface area contributed by atoms with Crippen LogP contribution in [0.25, 0.3) is 0 Å². The van der Waals surface area contributed by atoms with E-state index in [1.807, 2.05) is 52.8 Å². The highest BCUT2D eigenvalue weighted by Crippen LogP contribution is 2.26. The molecule has 1 N–H and O–H groups in total. The van der Waals surface area contributed by atoms with Crippen LogP contribution in [0.4, 0.5) is 5.69 Å². The van der Waals surface area contributed by atoms with Crippen LogP contribution in [0.1, 0.15) is 53.5 Å². The summed E-state index contributed by atoms with van der Waals surface area (Å²) in [5.41, 5.74) is 0.945. The first-order valence-electron chi connectivity index (χ1n) is 8.40. The smallest absolute Gasteiger partial charge is 0.256 e. The highest BCUT2D eigenvalue weighted by Gasteiger charge is 2.34. The molecule has 0 aliphatic carbocycles. The molecule has 0 saturated carbocycles. The van der Waals surface area contributed by atoms with Gasteiger partial charge < -0.3 is 14.8 Å². The lowest BCUT2D eigenvalue weighted by Crippen LogP contribution is -2.44. The normalized spacial score (nSPS) is 14.0. The second-order valence-corrected chi connectivity index (χ2v) is 6.86. The molecule has 0 saturated heterocycles. The zero-order chi connectivity index (χ0) is 17.6. The van der Waals surface area contributed by atoms with Crippen molar-refractivity contribution in [2.45, 2.75) is 66.6 Å². The van der Waals surface area contributed by atoms with E-state index in [0.29, 0.717) is 18.9 Å². The number of carbonyl (C=O) groups excluding carboxylic acids is 1. The summed E-state index contributed by atoms with van der Waals surface area (Å²) in [4.78, 5) is 12.7. The number of rotatable bonds is 8. The lowest BCUT2D eigenvalue weighted by molar-refractivity contribution is -0.140. The molecule has 0 spiro atoms. The molecule has 130 valence electrons. The van der Waals surface area contributed by atoms with Gasteiger partial charge in [0.2, 0.25) is 0 Å². The maximum Gasteiger partial charge on any atom is 0.256 e. The summed E-state index contributed by atoms with van der Waals surface area (Å²) in [6, 6.07) is 5.69. The van der Waals surface area contributed by atoms with Crippen molar-refractivity contribution in [3.63, 3.8) is 0 Å². The van der Waals surface area contributed by atoms with Crippen molar-refractivity contribution in [2.75, 3.05) is 11.9 Å². The molecule has 23 heavy (non-hydrogen) atoms. The number of anilines is 1. The molecule has 0 radical (unpaired) electrons. The van der Waals surface area contributed by atoms with Gasteiger partial charge in [0, 0.05) is 12.3 Å². The number of ether oxygens (including phenoxy) is 2. The van der Waals surface area contributed by atoms with Gasteiger partial charge in [-0.3, -0.25) is 4.79 Å². The van der Waals surface area contributed by atoms with Gasteiger partial charge in [-0.2, -0.15) is 0 Å². The van der Waals surface area contributed by atoms with Gasteiger partial charge in [0.15, 0.2) is 0 Å². The topological polar surface area (TPSA) is 47.6 Å². The van der Waals surface area contributed by atoms with E-state index < -0.39 is 5.60 Å². The Kier molecular flexibility index (Phi) is 7.07. The number of amides is 1. The number of nitrogens with one attached hydrogen (secondary N) is 1. The Hall–Kier alpha value is -1.55. The fourth-order valence-electron chi connectivity index (χ4n) is 2.69. The molecule has 4 heteroatoms. The van der Waals surface area contributed by atoms with Gasteiger partial charge in [-0.05, 0) is 70.7 Å². The van der Waals surface area contributed by atoms with Crippen molar-refractivity contribution >= 4 is 11.6 Å². The zero-order valence-electron chi connectivity index (χ0n) is 15.5. The predicted octanol–water partition coefficient (Wildman–Crippen LogP) is 4.56. The predicted molar refractivity (Wildman–Crippen MR) is 95.1 cm³/mol. The van der Waals surface area contributed by atoms with E-state index in [1.54, 1.807) is 0 Å². The molecule has 0 unspecified atom stereocenters. The van der Waals surface area contributed by atoms with Crippen molar-refractivity contribution in [1.29, 1.82) is 0 Å². The first kappa shape index (κ1) is 19.5. The highest BCUT2D eigenvalue weighted by atomic mass is 16.5. The van der Waals surface area contributed by atoms with Crippen LogP contribution in [0.2, 0.25) is 0 Å². The Morgan fingerprint density at radius 3 is 2.39 bits per heavy atom. The number of benzene rings is 1. The van der Waals surface area contributed by atoms with Crippen molar-refractivity contribution in [2.24, 2.45) is 5.92 Å². The highest BCUT2D eigenvalue weighted by molar-refractivity contribution is 5.97. The number of aryl methyl sites for hydroxylation is 1. The van der Waals surface area contributed by atoms with Crippen LogP contribution in [0, 0.1) is 12.8 Å².